The van der Waals surface area contributed by atoms with Crippen LogP contribution in [-0.4, -0.2) is 57.9 Å². The van der Waals surface area contributed by atoms with Crippen molar-refractivity contribution in [3.05, 3.63) is 12.2 Å². The number of hydrogen-bond donors (Lipinski definition) is 4. The standard InChI is InChI=1S/C9H16O6/c1-5(2)9(14)15-8(6(12)3-10)7(13)4-11/h6-8,10-13H,1,3-4H2,2H3/t6-,7+,8+. The molecule has 0 amide bonds. The van der Waals surface area contributed by atoms with Gasteiger partial charge in [-0.3, -0.25) is 0 Å². The zero-order valence-corrected chi connectivity index (χ0v) is 8.46. The number of aliphatic hydroxyl groups excluding tert-OH is 4. The normalized spacial score (nSPS) is 16.6. The van der Waals surface area contributed by atoms with Gasteiger partial charge in [-0.05, 0) is 6.92 Å². The van der Waals surface area contributed by atoms with Gasteiger partial charge in [0.25, 0.3) is 0 Å². The molecule has 0 heterocycles. The van der Waals surface area contributed by atoms with E-state index in [0.29, 0.717) is 0 Å². The minimum Gasteiger partial charge on any atom is -0.453 e. The first-order chi connectivity index (χ1) is 6.93. The average Bonchev–Trinajstić information content (AvgIpc) is 2.23. The number of hydrogen-bond acceptors (Lipinski definition) is 6. The van der Waals surface area contributed by atoms with Gasteiger partial charge in [0.2, 0.25) is 0 Å². The SMILES string of the molecule is C=C(C)C(=O)O[C@@H]([C@H](O)CO)[C@@H](O)CO. The zero-order chi connectivity index (χ0) is 12.0. The number of aliphatic hydroxyl groups is 4. The van der Waals surface area contributed by atoms with Crippen LogP contribution >= 0.6 is 0 Å². The van der Waals surface area contributed by atoms with E-state index in [9.17, 15) is 15.0 Å². The lowest BCUT2D eigenvalue weighted by molar-refractivity contribution is -0.164. The van der Waals surface area contributed by atoms with Gasteiger partial charge in [-0.25, -0.2) is 4.79 Å². The molecule has 4 N–H and O–H groups in total. The average molecular weight is 220 g/mol. The quantitative estimate of drug-likeness (QED) is 0.310. The minimum absolute atomic E-state index is 0.0929. The predicted octanol–water partition coefficient (Wildman–Crippen LogP) is -1.82. The van der Waals surface area contributed by atoms with Crippen LogP contribution in [0.25, 0.3) is 0 Å². The molecule has 0 saturated heterocycles. The summed E-state index contributed by atoms with van der Waals surface area (Å²) >= 11 is 0. The van der Waals surface area contributed by atoms with E-state index in [2.05, 4.69) is 11.3 Å². The lowest BCUT2D eigenvalue weighted by Gasteiger charge is -2.25. The third kappa shape index (κ3) is 4.39. The van der Waals surface area contributed by atoms with Crippen molar-refractivity contribution in [2.75, 3.05) is 13.2 Å². The summed E-state index contributed by atoms with van der Waals surface area (Å²) in [5.74, 6) is -0.806. The third-order valence-electron chi connectivity index (χ3n) is 1.72. The molecule has 0 bridgehead atoms. The highest BCUT2D eigenvalue weighted by Gasteiger charge is 2.30. The molecule has 6 heteroatoms. The van der Waals surface area contributed by atoms with Crippen LogP contribution in [0.1, 0.15) is 6.92 Å². The van der Waals surface area contributed by atoms with Crippen LogP contribution in [-0.2, 0) is 9.53 Å². The number of rotatable bonds is 6. The maximum atomic E-state index is 11.1. The molecule has 0 unspecified atom stereocenters. The lowest BCUT2D eigenvalue weighted by atomic mass is 10.1. The molecule has 0 aliphatic rings. The van der Waals surface area contributed by atoms with Crippen LogP contribution in [0.5, 0.6) is 0 Å². The number of esters is 1. The van der Waals surface area contributed by atoms with Crippen molar-refractivity contribution in [3.63, 3.8) is 0 Å². The summed E-state index contributed by atoms with van der Waals surface area (Å²) in [5.41, 5.74) is 0.0929. The molecule has 6 nitrogen and oxygen atoms in total. The second-order valence-corrected chi connectivity index (χ2v) is 3.15. The minimum atomic E-state index is -1.45. The molecule has 0 rings (SSSR count). The maximum Gasteiger partial charge on any atom is 0.333 e. The molecule has 88 valence electrons. The molecule has 0 radical (unpaired) electrons. The predicted molar refractivity (Wildman–Crippen MR) is 50.9 cm³/mol. The van der Waals surface area contributed by atoms with E-state index < -0.39 is 37.5 Å². The van der Waals surface area contributed by atoms with Gasteiger partial charge in [-0.2, -0.15) is 0 Å². The Morgan fingerprint density at radius 3 is 1.93 bits per heavy atom. The van der Waals surface area contributed by atoms with E-state index >= 15 is 0 Å². The summed E-state index contributed by atoms with van der Waals surface area (Å²) in [6, 6.07) is 0. The van der Waals surface area contributed by atoms with Crippen molar-refractivity contribution in [2.24, 2.45) is 0 Å². The largest absolute Gasteiger partial charge is 0.453 e. The highest BCUT2D eigenvalue weighted by molar-refractivity contribution is 5.87. The van der Waals surface area contributed by atoms with Crippen LogP contribution in [0, 0.1) is 0 Å². The monoisotopic (exact) mass is 220 g/mol. The Morgan fingerprint density at radius 2 is 1.67 bits per heavy atom. The van der Waals surface area contributed by atoms with Crippen LogP contribution in [0.2, 0.25) is 0 Å². The fraction of sp³-hybridized carbons (Fsp3) is 0.667. The van der Waals surface area contributed by atoms with Crippen molar-refractivity contribution in [1.82, 2.24) is 0 Å². The Morgan fingerprint density at radius 1 is 1.27 bits per heavy atom. The molecule has 0 aromatic rings. The van der Waals surface area contributed by atoms with Crippen molar-refractivity contribution in [1.29, 1.82) is 0 Å². The van der Waals surface area contributed by atoms with Gasteiger partial charge in [0, 0.05) is 5.57 Å². The van der Waals surface area contributed by atoms with Gasteiger partial charge >= 0.3 is 5.97 Å². The Labute approximate surface area is 87.4 Å². The first-order valence-electron chi connectivity index (χ1n) is 4.38. The van der Waals surface area contributed by atoms with E-state index in [1.165, 1.54) is 6.92 Å². The van der Waals surface area contributed by atoms with E-state index in [1.54, 1.807) is 0 Å². The number of carbonyl (C=O) groups excluding carboxylic acids is 1. The highest BCUT2D eigenvalue weighted by Crippen LogP contribution is 2.08. The summed E-state index contributed by atoms with van der Waals surface area (Å²) in [6.45, 7) is 3.34. The molecule has 15 heavy (non-hydrogen) atoms. The highest BCUT2D eigenvalue weighted by atomic mass is 16.6. The molecule has 0 fully saturated rings. The van der Waals surface area contributed by atoms with Gasteiger partial charge in [-0.15, -0.1) is 0 Å². The Kier molecular flexibility index (Phi) is 6.11. The van der Waals surface area contributed by atoms with Crippen molar-refractivity contribution in [2.45, 2.75) is 25.2 Å². The smallest absolute Gasteiger partial charge is 0.333 e. The molecule has 0 saturated carbocycles. The zero-order valence-electron chi connectivity index (χ0n) is 8.46. The van der Waals surface area contributed by atoms with Crippen molar-refractivity contribution in [3.8, 4) is 0 Å². The molecule has 3 atom stereocenters. The van der Waals surface area contributed by atoms with Gasteiger partial charge in [0.15, 0.2) is 6.10 Å². The topological polar surface area (TPSA) is 107 Å². The molecule has 0 aliphatic carbocycles. The first kappa shape index (κ1) is 14.1. The second-order valence-electron chi connectivity index (χ2n) is 3.15. The van der Waals surface area contributed by atoms with E-state index in [-0.39, 0.29) is 5.57 Å². The summed E-state index contributed by atoms with van der Waals surface area (Å²) < 4.78 is 4.66. The lowest BCUT2D eigenvalue weighted by Crippen LogP contribution is -2.44. The third-order valence-corrected chi connectivity index (χ3v) is 1.72. The molecule has 0 aromatic heterocycles. The summed E-state index contributed by atoms with van der Waals surface area (Å²) in [7, 11) is 0. The van der Waals surface area contributed by atoms with Gasteiger partial charge in [-0.1, -0.05) is 6.58 Å². The number of carbonyl (C=O) groups is 1. The van der Waals surface area contributed by atoms with E-state index in [4.69, 9.17) is 10.2 Å². The Balaban J connectivity index is 4.50. The second kappa shape index (κ2) is 6.52. The molecule has 0 aromatic carbocycles. The Hall–Kier alpha value is -0.950. The van der Waals surface area contributed by atoms with Crippen LogP contribution in [0.4, 0.5) is 0 Å². The summed E-state index contributed by atoms with van der Waals surface area (Å²) in [6.07, 6.45) is -4.27. The van der Waals surface area contributed by atoms with Crippen LogP contribution in [0.3, 0.4) is 0 Å². The number of ether oxygens (including phenoxy) is 1. The molecular formula is C9H16O6. The van der Waals surface area contributed by atoms with E-state index in [0.717, 1.165) is 0 Å². The van der Waals surface area contributed by atoms with Crippen molar-refractivity contribution >= 4 is 5.97 Å². The van der Waals surface area contributed by atoms with Crippen LogP contribution in [0.15, 0.2) is 12.2 Å². The maximum absolute atomic E-state index is 11.1. The summed E-state index contributed by atoms with van der Waals surface area (Å²) in [5, 5.41) is 35.7. The summed E-state index contributed by atoms with van der Waals surface area (Å²) in [4.78, 5) is 11.1. The molecular weight excluding hydrogens is 204 g/mol. The van der Waals surface area contributed by atoms with Gasteiger partial charge in [0.1, 0.15) is 12.2 Å². The van der Waals surface area contributed by atoms with Gasteiger partial charge < -0.3 is 25.2 Å². The van der Waals surface area contributed by atoms with Crippen LogP contribution < -0.4 is 0 Å². The first-order valence-corrected chi connectivity index (χ1v) is 4.38. The van der Waals surface area contributed by atoms with E-state index in [1.807, 2.05) is 0 Å². The van der Waals surface area contributed by atoms with Crippen molar-refractivity contribution < 1.29 is 30.0 Å². The molecule has 0 spiro atoms. The Bertz CT molecular complexity index is 217. The molecule has 0 aliphatic heterocycles. The van der Waals surface area contributed by atoms with Gasteiger partial charge in [0.05, 0.1) is 13.2 Å². The fourth-order valence-corrected chi connectivity index (χ4v) is 0.845. The fourth-order valence-electron chi connectivity index (χ4n) is 0.845.